The van der Waals surface area contributed by atoms with Crippen molar-refractivity contribution in [2.24, 2.45) is 17.8 Å². The largest absolute Gasteiger partial charge is 0.355 e. The summed E-state index contributed by atoms with van der Waals surface area (Å²) in [6.45, 7) is 9.64. The van der Waals surface area contributed by atoms with Gasteiger partial charge in [-0.25, -0.2) is 0 Å². The molecule has 1 heterocycles. The van der Waals surface area contributed by atoms with Crippen molar-refractivity contribution in [2.45, 2.75) is 39.5 Å². The summed E-state index contributed by atoms with van der Waals surface area (Å²) in [5.74, 6) is 0.217. The van der Waals surface area contributed by atoms with Crippen LogP contribution in [0, 0.1) is 17.8 Å². The molecule has 0 aromatic rings. The molecule has 1 amide bonds. The first-order valence-electron chi connectivity index (χ1n) is 8.84. The molecule has 0 radical (unpaired) electrons. The Hall–Kier alpha value is -0.940. The maximum atomic E-state index is 12.5. The quantitative estimate of drug-likeness (QED) is 0.769. The lowest BCUT2D eigenvalue weighted by atomic mass is 9.74. The average molecular weight is 309 g/mol. The van der Waals surface area contributed by atoms with Gasteiger partial charge in [-0.2, -0.15) is 0 Å². The van der Waals surface area contributed by atoms with E-state index in [1.165, 1.54) is 0 Å². The van der Waals surface area contributed by atoms with E-state index in [9.17, 15) is 9.59 Å². The van der Waals surface area contributed by atoms with E-state index in [1.807, 2.05) is 13.8 Å². The van der Waals surface area contributed by atoms with Gasteiger partial charge in [-0.05, 0) is 12.8 Å². The minimum Gasteiger partial charge on any atom is -0.355 e. The van der Waals surface area contributed by atoms with Crippen molar-refractivity contribution in [3.63, 3.8) is 0 Å². The molecule has 0 bridgehead atoms. The van der Waals surface area contributed by atoms with Gasteiger partial charge in [-0.1, -0.05) is 26.7 Å². The van der Waals surface area contributed by atoms with E-state index in [-0.39, 0.29) is 29.4 Å². The van der Waals surface area contributed by atoms with Crippen LogP contribution < -0.4 is 10.6 Å². The number of nitrogens with one attached hydrogen (secondary N) is 2. The average Bonchev–Trinajstić information content (AvgIpc) is 2.55. The standard InChI is InChI=1S/C17H31N3O2/c1-13(2)16(21)14-5-3-4-6-15(14)17(22)19-9-12-20-10-7-18-8-11-20/h13-15,18H,3-12H2,1-2H3,(H,19,22). The Morgan fingerprint density at radius 2 is 1.77 bits per heavy atom. The van der Waals surface area contributed by atoms with Crippen molar-refractivity contribution in [3.05, 3.63) is 0 Å². The summed E-state index contributed by atoms with van der Waals surface area (Å²) in [6.07, 6.45) is 3.89. The number of amides is 1. The van der Waals surface area contributed by atoms with Crippen LogP contribution in [0.2, 0.25) is 0 Å². The van der Waals surface area contributed by atoms with Gasteiger partial charge in [-0.3, -0.25) is 14.5 Å². The van der Waals surface area contributed by atoms with Gasteiger partial charge in [0.2, 0.25) is 5.91 Å². The number of carbonyl (C=O) groups is 2. The van der Waals surface area contributed by atoms with Gasteiger partial charge in [0, 0.05) is 57.0 Å². The number of hydrogen-bond acceptors (Lipinski definition) is 4. The molecular formula is C17H31N3O2. The maximum absolute atomic E-state index is 12.5. The number of nitrogens with zero attached hydrogens (tertiary/aromatic N) is 1. The number of Topliss-reactive ketones (excluding diaryl/α,β-unsaturated/α-hetero) is 1. The highest BCUT2D eigenvalue weighted by Gasteiger charge is 2.36. The smallest absolute Gasteiger partial charge is 0.223 e. The van der Waals surface area contributed by atoms with Crippen LogP contribution in [0.5, 0.6) is 0 Å². The first kappa shape index (κ1) is 17.4. The zero-order chi connectivity index (χ0) is 15.9. The molecule has 5 nitrogen and oxygen atoms in total. The number of carbonyl (C=O) groups excluding carboxylic acids is 2. The minimum absolute atomic E-state index is 0.0271. The molecule has 22 heavy (non-hydrogen) atoms. The summed E-state index contributed by atoms with van der Waals surface area (Å²) in [4.78, 5) is 27.2. The van der Waals surface area contributed by atoms with Gasteiger partial charge in [0.05, 0.1) is 0 Å². The van der Waals surface area contributed by atoms with Crippen molar-refractivity contribution >= 4 is 11.7 Å². The Bertz CT molecular complexity index is 378. The normalized spacial score (nSPS) is 26.9. The number of rotatable bonds is 6. The van der Waals surface area contributed by atoms with E-state index < -0.39 is 0 Å². The summed E-state index contributed by atoms with van der Waals surface area (Å²) < 4.78 is 0. The predicted molar refractivity (Wildman–Crippen MR) is 87.6 cm³/mol. The Morgan fingerprint density at radius 3 is 2.41 bits per heavy atom. The maximum Gasteiger partial charge on any atom is 0.223 e. The number of ketones is 1. The highest BCUT2D eigenvalue weighted by atomic mass is 16.2. The lowest BCUT2D eigenvalue weighted by molar-refractivity contribution is -0.137. The third kappa shape index (κ3) is 4.78. The topological polar surface area (TPSA) is 61.4 Å². The highest BCUT2D eigenvalue weighted by Crippen LogP contribution is 2.32. The molecule has 0 spiro atoms. The second kappa shape index (κ2) is 8.63. The molecular weight excluding hydrogens is 278 g/mol. The molecule has 1 saturated heterocycles. The molecule has 0 aromatic carbocycles. The Morgan fingerprint density at radius 1 is 1.14 bits per heavy atom. The van der Waals surface area contributed by atoms with Crippen LogP contribution in [0.3, 0.4) is 0 Å². The molecule has 2 N–H and O–H groups in total. The van der Waals surface area contributed by atoms with Gasteiger partial charge in [0.1, 0.15) is 5.78 Å². The molecule has 5 heteroatoms. The van der Waals surface area contributed by atoms with E-state index in [0.717, 1.165) is 58.4 Å². The molecule has 1 saturated carbocycles. The Labute approximate surface area is 134 Å². The summed E-state index contributed by atoms with van der Waals surface area (Å²) in [5, 5.41) is 6.40. The van der Waals surface area contributed by atoms with Gasteiger partial charge in [-0.15, -0.1) is 0 Å². The molecule has 2 rings (SSSR count). The first-order valence-corrected chi connectivity index (χ1v) is 8.84. The van der Waals surface area contributed by atoms with Crippen LogP contribution in [0.1, 0.15) is 39.5 Å². The summed E-state index contributed by atoms with van der Waals surface area (Å²) >= 11 is 0. The minimum atomic E-state index is -0.105. The lowest BCUT2D eigenvalue weighted by Gasteiger charge is -2.31. The monoisotopic (exact) mass is 309 g/mol. The van der Waals surface area contributed by atoms with Crippen molar-refractivity contribution in [1.29, 1.82) is 0 Å². The zero-order valence-corrected chi connectivity index (χ0v) is 14.1. The SMILES string of the molecule is CC(C)C(=O)C1CCCCC1C(=O)NCCN1CCNCC1. The van der Waals surface area contributed by atoms with E-state index in [1.54, 1.807) is 0 Å². The molecule has 2 aliphatic rings. The van der Waals surface area contributed by atoms with E-state index in [2.05, 4.69) is 15.5 Å². The fraction of sp³-hybridized carbons (Fsp3) is 0.882. The predicted octanol–water partition coefficient (Wildman–Crippen LogP) is 1.04. The van der Waals surface area contributed by atoms with E-state index in [4.69, 9.17) is 0 Å². The van der Waals surface area contributed by atoms with E-state index >= 15 is 0 Å². The highest BCUT2D eigenvalue weighted by molar-refractivity contribution is 5.89. The third-order valence-electron chi connectivity index (χ3n) is 4.97. The van der Waals surface area contributed by atoms with Crippen molar-refractivity contribution in [2.75, 3.05) is 39.3 Å². The van der Waals surface area contributed by atoms with Crippen LogP contribution in [-0.2, 0) is 9.59 Å². The van der Waals surface area contributed by atoms with Gasteiger partial charge in [0.15, 0.2) is 0 Å². The third-order valence-corrected chi connectivity index (χ3v) is 4.97. The van der Waals surface area contributed by atoms with Crippen LogP contribution in [-0.4, -0.2) is 55.9 Å². The molecule has 2 unspecified atom stereocenters. The fourth-order valence-corrected chi connectivity index (χ4v) is 3.62. The van der Waals surface area contributed by atoms with Gasteiger partial charge >= 0.3 is 0 Å². The number of piperazine rings is 1. The lowest BCUT2D eigenvalue weighted by Crippen LogP contribution is -2.47. The van der Waals surface area contributed by atoms with Gasteiger partial charge < -0.3 is 10.6 Å². The molecule has 0 aromatic heterocycles. The second-order valence-electron chi connectivity index (χ2n) is 6.94. The number of hydrogen-bond donors (Lipinski definition) is 2. The van der Waals surface area contributed by atoms with Gasteiger partial charge in [0.25, 0.3) is 0 Å². The molecule has 126 valence electrons. The Balaban J connectivity index is 1.79. The van der Waals surface area contributed by atoms with Crippen molar-refractivity contribution < 1.29 is 9.59 Å². The summed E-state index contributed by atoms with van der Waals surface area (Å²) in [6, 6.07) is 0. The fourth-order valence-electron chi connectivity index (χ4n) is 3.62. The van der Waals surface area contributed by atoms with E-state index in [0.29, 0.717) is 6.54 Å². The first-order chi connectivity index (χ1) is 10.6. The molecule has 1 aliphatic heterocycles. The summed E-state index contributed by atoms with van der Waals surface area (Å²) in [5.41, 5.74) is 0. The van der Waals surface area contributed by atoms with Crippen LogP contribution in [0.15, 0.2) is 0 Å². The van der Waals surface area contributed by atoms with Crippen LogP contribution >= 0.6 is 0 Å². The van der Waals surface area contributed by atoms with Crippen molar-refractivity contribution in [3.8, 4) is 0 Å². The zero-order valence-electron chi connectivity index (χ0n) is 14.1. The summed E-state index contributed by atoms with van der Waals surface area (Å²) in [7, 11) is 0. The second-order valence-corrected chi connectivity index (χ2v) is 6.94. The molecule has 1 aliphatic carbocycles. The molecule has 2 fully saturated rings. The van der Waals surface area contributed by atoms with Crippen LogP contribution in [0.4, 0.5) is 0 Å². The van der Waals surface area contributed by atoms with Crippen molar-refractivity contribution in [1.82, 2.24) is 15.5 Å². The molecule has 2 atom stereocenters. The van der Waals surface area contributed by atoms with Crippen LogP contribution in [0.25, 0.3) is 0 Å². The Kier molecular flexibility index (Phi) is 6.83.